The van der Waals surface area contributed by atoms with Gasteiger partial charge >= 0.3 is 5.97 Å². The molecule has 0 bridgehead atoms. The molecule has 0 radical (unpaired) electrons. The fourth-order valence-electron chi connectivity index (χ4n) is 1.67. The lowest BCUT2D eigenvalue weighted by atomic mass is 10.2. The molecule has 6 heteroatoms. The fourth-order valence-corrected chi connectivity index (χ4v) is 1.67. The van der Waals surface area contributed by atoms with Gasteiger partial charge in [-0.1, -0.05) is 6.92 Å². The molecule has 1 N–H and O–H groups in total. The van der Waals surface area contributed by atoms with E-state index in [0.717, 1.165) is 12.6 Å². The van der Waals surface area contributed by atoms with Crippen molar-refractivity contribution in [2.24, 2.45) is 0 Å². The first-order chi connectivity index (χ1) is 9.02. The van der Waals surface area contributed by atoms with Crippen LogP contribution in [0.25, 0.3) is 11.4 Å². The first kappa shape index (κ1) is 13.2. The van der Waals surface area contributed by atoms with Gasteiger partial charge in [0.1, 0.15) is 17.1 Å². The number of rotatable bonds is 4. The number of carboxylic acid groups (broad SMARTS) is 1. The fraction of sp³-hybridized carbons (Fsp3) is 0.308. The van der Waals surface area contributed by atoms with Crippen molar-refractivity contribution in [2.75, 3.05) is 0 Å². The van der Waals surface area contributed by atoms with E-state index in [1.54, 1.807) is 4.68 Å². The van der Waals surface area contributed by atoms with Crippen LogP contribution in [0.3, 0.4) is 0 Å². The maximum Gasteiger partial charge on any atom is 0.339 e. The normalized spacial score (nSPS) is 12.4. The molecule has 2 rings (SSSR count). The van der Waals surface area contributed by atoms with Crippen LogP contribution in [0.15, 0.2) is 24.5 Å². The van der Waals surface area contributed by atoms with Crippen molar-refractivity contribution < 1.29 is 14.3 Å². The first-order valence-corrected chi connectivity index (χ1v) is 5.97. The Kier molecular flexibility index (Phi) is 3.59. The second kappa shape index (κ2) is 5.17. The van der Waals surface area contributed by atoms with Gasteiger partial charge in [-0.05, 0) is 25.5 Å². The number of aromatic nitrogens is 3. The molecule has 1 unspecified atom stereocenters. The maximum absolute atomic E-state index is 12.8. The Morgan fingerprint density at radius 1 is 1.53 bits per heavy atom. The number of carboxylic acids is 1. The van der Waals surface area contributed by atoms with Crippen LogP contribution in [0.4, 0.5) is 4.39 Å². The SMILES string of the molecule is CCC(C)n1cc(C(=O)O)c(-c2ccc(F)cn2)n1. The van der Waals surface area contributed by atoms with E-state index in [1.165, 1.54) is 18.3 Å². The molecule has 0 fully saturated rings. The monoisotopic (exact) mass is 263 g/mol. The Hall–Kier alpha value is -2.24. The Labute approximate surface area is 109 Å². The molecule has 0 spiro atoms. The Balaban J connectivity index is 2.51. The summed E-state index contributed by atoms with van der Waals surface area (Å²) in [5, 5.41) is 13.4. The van der Waals surface area contributed by atoms with Gasteiger partial charge in [0.05, 0.1) is 11.9 Å². The topological polar surface area (TPSA) is 68.0 Å². The summed E-state index contributed by atoms with van der Waals surface area (Å²) in [4.78, 5) is 15.1. The highest BCUT2D eigenvalue weighted by Gasteiger charge is 2.19. The summed E-state index contributed by atoms with van der Waals surface area (Å²) in [5.41, 5.74) is 0.674. The van der Waals surface area contributed by atoms with Gasteiger partial charge in [-0.2, -0.15) is 5.10 Å². The average Bonchev–Trinajstić information content (AvgIpc) is 2.84. The number of hydrogen-bond donors (Lipinski definition) is 1. The van der Waals surface area contributed by atoms with Crippen LogP contribution in [0.5, 0.6) is 0 Å². The van der Waals surface area contributed by atoms with Crippen molar-refractivity contribution in [3.63, 3.8) is 0 Å². The molecule has 5 nitrogen and oxygen atoms in total. The van der Waals surface area contributed by atoms with Gasteiger partial charge in [0, 0.05) is 12.2 Å². The minimum Gasteiger partial charge on any atom is -0.478 e. The third-order valence-electron chi connectivity index (χ3n) is 2.97. The molecular formula is C13H14FN3O2. The largest absolute Gasteiger partial charge is 0.478 e. The lowest BCUT2D eigenvalue weighted by Gasteiger charge is -2.07. The highest BCUT2D eigenvalue weighted by atomic mass is 19.1. The number of pyridine rings is 1. The molecule has 0 aliphatic heterocycles. The number of hydrogen-bond acceptors (Lipinski definition) is 3. The zero-order valence-electron chi connectivity index (χ0n) is 10.7. The van der Waals surface area contributed by atoms with Gasteiger partial charge in [-0.15, -0.1) is 0 Å². The van der Waals surface area contributed by atoms with E-state index in [2.05, 4.69) is 10.1 Å². The van der Waals surface area contributed by atoms with E-state index in [4.69, 9.17) is 0 Å². The Morgan fingerprint density at radius 3 is 2.79 bits per heavy atom. The van der Waals surface area contributed by atoms with E-state index < -0.39 is 11.8 Å². The van der Waals surface area contributed by atoms with E-state index >= 15 is 0 Å². The van der Waals surface area contributed by atoms with Crippen molar-refractivity contribution in [3.05, 3.63) is 35.9 Å². The molecule has 2 aromatic rings. The van der Waals surface area contributed by atoms with Gasteiger partial charge in [-0.3, -0.25) is 9.67 Å². The third kappa shape index (κ3) is 2.62. The molecule has 1 atom stereocenters. The van der Waals surface area contributed by atoms with Gasteiger partial charge in [0.2, 0.25) is 0 Å². The standard InChI is InChI=1S/C13H14FN3O2/c1-3-8(2)17-7-10(13(18)19)12(16-17)11-5-4-9(14)6-15-11/h4-8H,3H2,1-2H3,(H,18,19). The number of nitrogens with zero attached hydrogens (tertiary/aromatic N) is 3. The van der Waals surface area contributed by atoms with Crippen molar-refractivity contribution in [2.45, 2.75) is 26.3 Å². The van der Waals surface area contributed by atoms with Crippen LogP contribution in [0.1, 0.15) is 36.7 Å². The number of halogens is 1. The van der Waals surface area contributed by atoms with Gasteiger partial charge in [-0.25, -0.2) is 9.18 Å². The molecule has 0 saturated carbocycles. The molecule has 0 aliphatic rings. The molecule has 100 valence electrons. The molecule has 0 saturated heterocycles. The maximum atomic E-state index is 12.8. The van der Waals surface area contributed by atoms with Gasteiger partial charge in [0.15, 0.2) is 0 Å². The predicted octanol–water partition coefficient (Wildman–Crippen LogP) is 2.75. The Morgan fingerprint density at radius 2 is 2.26 bits per heavy atom. The van der Waals surface area contributed by atoms with Crippen molar-refractivity contribution in [1.82, 2.24) is 14.8 Å². The molecule has 0 aromatic carbocycles. The van der Waals surface area contributed by atoms with E-state index in [1.807, 2.05) is 13.8 Å². The minimum absolute atomic E-state index is 0.0689. The molecular weight excluding hydrogens is 249 g/mol. The minimum atomic E-state index is -1.07. The van der Waals surface area contributed by atoms with E-state index in [9.17, 15) is 14.3 Å². The summed E-state index contributed by atoms with van der Waals surface area (Å²) in [6.07, 6.45) is 3.36. The van der Waals surface area contributed by atoms with Crippen LogP contribution in [-0.2, 0) is 0 Å². The van der Waals surface area contributed by atoms with Gasteiger partial charge in [0.25, 0.3) is 0 Å². The van der Waals surface area contributed by atoms with E-state index in [0.29, 0.717) is 5.69 Å². The summed E-state index contributed by atoms with van der Waals surface area (Å²) in [6, 6.07) is 2.74. The zero-order chi connectivity index (χ0) is 14.0. The number of carbonyl (C=O) groups is 1. The summed E-state index contributed by atoms with van der Waals surface area (Å²) in [7, 11) is 0. The highest BCUT2D eigenvalue weighted by Crippen LogP contribution is 2.22. The number of aromatic carboxylic acids is 1. The zero-order valence-corrected chi connectivity index (χ0v) is 10.7. The highest BCUT2D eigenvalue weighted by molar-refractivity contribution is 5.94. The van der Waals surface area contributed by atoms with Crippen LogP contribution in [0.2, 0.25) is 0 Å². The molecule has 2 heterocycles. The van der Waals surface area contributed by atoms with E-state index in [-0.39, 0.29) is 17.3 Å². The molecule has 0 aliphatic carbocycles. The lowest BCUT2D eigenvalue weighted by Crippen LogP contribution is -2.04. The molecule has 19 heavy (non-hydrogen) atoms. The summed E-state index contributed by atoms with van der Waals surface area (Å²) in [6.45, 7) is 3.93. The first-order valence-electron chi connectivity index (χ1n) is 5.97. The van der Waals surface area contributed by atoms with Crippen LogP contribution in [-0.4, -0.2) is 25.8 Å². The van der Waals surface area contributed by atoms with Crippen LogP contribution >= 0.6 is 0 Å². The summed E-state index contributed by atoms with van der Waals surface area (Å²) in [5.74, 6) is -1.54. The van der Waals surface area contributed by atoms with Crippen molar-refractivity contribution >= 4 is 5.97 Å². The van der Waals surface area contributed by atoms with Crippen molar-refractivity contribution in [3.8, 4) is 11.4 Å². The summed E-state index contributed by atoms with van der Waals surface area (Å²) >= 11 is 0. The smallest absolute Gasteiger partial charge is 0.339 e. The third-order valence-corrected chi connectivity index (χ3v) is 2.97. The quantitative estimate of drug-likeness (QED) is 0.920. The second-order valence-corrected chi connectivity index (χ2v) is 4.30. The summed E-state index contributed by atoms with van der Waals surface area (Å²) < 4.78 is 14.4. The average molecular weight is 263 g/mol. The molecule has 2 aromatic heterocycles. The van der Waals surface area contributed by atoms with Crippen molar-refractivity contribution in [1.29, 1.82) is 0 Å². The van der Waals surface area contributed by atoms with Crippen LogP contribution in [0, 0.1) is 5.82 Å². The molecule has 0 amide bonds. The second-order valence-electron chi connectivity index (χ2n) is 4.30. The lowest BCUT2D eigenvalue weighted by molar-refractivity contribution is 0.0697. The predicted molar refractivity (Wildman–Crippen MR) is 67.4 cm³/mol. The van der Waals surface area contributed by atoms with Crippen LogP contribution < -0.4 is 0 Å². The Bertz CT molecular complexity index is 592. The van der Waals surface area contributed by atoms with Gasteiger partial charge < -0.3 is 5.11 Å².